The Morgan fingerprint density at radius 2 is 2.22 bits per heavy atom. The minimum Gasteiger partial charge on any atom is -0.258 e. The van der Waals surface area contributed by atoms with E-state index in [9.17, 15) is 15.4 Å². The first-order valence-electron chi connectivity index (χ1n) is 7.42. The monoisotopic (exact) mass is 325 g/mol. The predicted octanol–water partition coefficient (Wildman–Crippen LogP) is 4.24. The topological polar surface area (TPSA) is 79.8 Å². The molecule has 1 aromatic heterocycles. The molecule has 0 bridgehead atoms. The average molecular weight is 325 g/mol. The van der Waals surface area contributed by atoms with Gasteiger partial charge >= 0.3 is 0 Å². The molecule has 0 amide bonds. The molecule has 0 saturated carbocycles. The van der Waals surface area contributed by atoms with Gasteiger partial charge in [-0.3, -0.25) is 10.1 Å². The van der Waals surface area contributed by atoms with Gasteiger partial charge in [-0.1, -0.05) is 6.92 Å². The Morgan fingerprint density at radius 1 is 1.48 bits per heavy atom. The number of thiazole rings is 1. The Bertz CT molecular complexity index is 815. The molecular formula is C17H15N3O2S. The van der Waals surface area contributed by atoms with Crippen molar-refractivity contribution >= 4 is 28.7 Å². The number of nitrogens with zero attached hydrogens (tertiary/aromatic N) is 3. The minimum absolute atomic E-state index is 0.0411. The van der Waals surface area contributed by atoms with E-state index < -0.39 is 4.92 Å². The molecule has 1 unspecified atom stereocenters. The summed E-state index contributed by atoms with van der Waals surface area (Å²) in [4.78, 5) is 16.1. The Hall–Kier alpha value is -2.52. The number of nitriles is 1. The number of hydrogen-bond donors (Lipinski definition) is 0. The van der Waals surface area contributed by atoms with E-state index in [1.54, 1.807) is 29.5 Å². The smallest absolute Gasteiger partial charge is 0.258 e. The minimum atomic E-state index is -0.436. The molecule has 0 saturated heterocycles. The van der Waals surface area contributed by atoms with Gasteiger partial charge in [-0.2, -0.15) is 5.26 Å². The average Bonchev–Trinajstić information content (AvgIpc) is 2.95. The number of fused-ring (bicyclic) bond motifs is 1. The Balaban J connectivity index is 1.90. The molecule has 0 spiro atoms. The van der Waals surface area contributed by atoms with Gasteiger partial charge in [-0.05, 0) is 49.0 Å². The summed E-state index contributed by atoms with van der Waals surface area (Å²) in [6, 6.07) is 8.37. The largest absolute Gasteiger partial charge is 0.269 e. The molecule has 0 N–H and O–H groups in total. The Kier molecular flexibility index (Phi) is 4.22. The van der Waals surface area contributed by atoms with Crippen LogP contribution in [0.15, 0.2) is 24.3 Å². The Morgan fingerprint density at radius 3 is 2.87 bits per heavy atom. The van der Waals surface area contributed by atoms with Crippen molar-refractivity contribution in [1.82, 2.24) is 4.98 Å². The fourth-order valence-corrected chi connectivity index (χ4v) is 3.89. The van der Waals surface area contributed by atoms with Crippen LogP contribution in [0.4, 0.5) is 5.69 Å². The van der Waals surface area contributed by atoms with Crippen molar-refractivity contribution in [3.8, 4) is 6.07 Å². The van der Waals surface area contributed by atoms with Crippen LogP contribution in [0.3, 0.4) is 0 Å². The van der Waals surface area contributed by atoms with Gasteiger partial charge in [0.25, 0.3) is 5.69 Å². The molecule has 1 aliphatic carbocycles. The third-order valence-electron chi connectivity index (χ3n) is 3.95. The molecule has 0 aliphatic heterocycles. The number of aryl methyl sites for hydroxylation is 1. The molecule has 116 valence electrons. The van der Waals surface area contributed by atoms with Crippen LogP contribution < -0.4 is 0 Å². The van der Waals surface area contributed by atoms with E-state index in [0.29, 0.717) is 11.5 Å². The molecule has 6 heteroatoms. The van der Waals surface area contributed by atoms with E-state index in [-0.39, 0.29) is 5.69 Å². The second kappa shape index (κ2) is 6.31. The SMILES string of the molecule is CC1CCc2nc(/C(C#N)=C\c3ccc([N+](=O)[O-])cc3)sc2C1. The van der Waals surface area contributed by atoms with Crippen molar-refractivity contribution in [2.45, 2.75) is 26.2 Å². The zero-order chi connectivity index (χ0) is 16.4. The van der Waals surface area contributed by atoms with E-state index in [2.05, 4.69) is 18.0 Å². The zero-order valence-corrected chi connectivity index (χ0v) is 13.5. The first-order chi connectivity index (χ1) is 11.1. The van der Waals surface area contributed by atoms with Crippen molar-refractivity contribution in [3.05, 3.63) is 55.5 Å². The molecule has 1 heterocycles. The second-order valence-electron chi connectivity index (χ2n) is 5.76. The summed E-state index contributed by atoms with van der Waals surface area (Å²) in [5.74, 6) is 0.667. The molecule has 1 atom stereocenters. The highest BCUT2D eigenvalue weighted by Gasteiger charge is 2.21. The second-order valence-corrected chi connectivity index (χ2v) is 6.84. The predicted molar refractivity (Wildman–Crippen MR) is 89.9 cm³/mol. The van der Waals surface area contributed by atoms with Crippen LogP contribution in [0, 0.1) is 27.4 Å². The van der Waals surface area contributed by atoms with E-state index in [1.807, 2.05) is 0 Å². The fraction of sp³-hybridized carbons (Fsp3) is 0.294. The lowest BCUT2D eigenvalue weighted by Crippen LogP contribution is -2.09. The number of rotatable bonds is 3. The Labute approximate surface area is 138 Å². The van der Waals surface area contributed by atoms with Gasteiger partial charge in [-0.15, -0.1) is 11.3 Å². The van der Waals surface area contributed by atoms with E-state index in [0.717, 1.165) is 35.5 Å². The van der Waals surface area contributed by atoms with Crippen LogP contribution in [0.2, 0.25) is 0 Å². The number of non-ortho nitro benzene ring substituents is 1. The molecule has 2 aromatic rings. The first kappa shape index (κ1) is 15.4. The summed E-state index contributed by atoms with van der Waals surface area (Å²) in [5, 5.41) is 20.9. The normalized spacial score (nSPS) is 17.4. The highest BCUT2D eigenvalue weighted by molar-refractivity contribution is 7.13. The van der Waals surface area contributed by atoms with Gasteiger partial charge in [0.2, 0.25) is 0 Å². The molecule has 3 rings (SSSR count). The number of nitro groups is 1. The zero-order valence-electron chi connectivity index (χ0n) is 12.7. The van der Waals surface area contributed by atoms with Gasteiger partial charge in [0.1, 0.15) is 11.1 Å². The van der Waals surface area contributed by atoms with E-state index in [1.165, 1.54) is 17.0 Å². The molecule has 0 radical (unpaired) electrons. The van der Waals surface area contributed by atoms with Crippen molar-refractivity contribution in [2.24, 2.45) is 5.92 Å². The maximum Gasteiger partial charge on any atom is 0.269 e. The van der Waals surface area contributed by atoms with Gasteiger partial charge in [0.15, 0.2) is 0 Å². The number of hydrogen-bond acceptors (Lipinski definition) is 5. The first-order valence-corrected chi connectivity index (χ1v) is 8.23. The lowest BCUT2D eigenvalue weighted by Gasteiger charge is -2.15. The maximum atomic E-state index is 10.7. The van der Waals surface area contributed by atoms with Crippen molar-refractivity contribution < 1.29 is 4.92 Å². The van der Waals surface area contributed by atoms with Gasteiger partial charge in [0.05, 0.1) is 16.2 Å². The van der Waals surface area contributed by atoms with Crippen LogP contribution in [-0.4, -0.2) is 9.91 Å². The van der Waals surface area contributed by atoms with Crippen molar-refractivity contribution in [1.29, 1.82) is 5.26 Å². The quantitative estimate of drug-likeness (QED) is 0.480. The summed E-state index contributed by atoms with van der Waals surface area (Å²) in [7, 11) is 0. The standard InChI is InChI=1S/C17H15N3O2S/c1-11-2-7-15-16(8-11)23-17(19-15)13(10-18)9-12-3-5-14(6-4-12)20(21)22/h3-6,9,11H,2,7-8H2,1H3/b13-9-. The van der Waals surface area contributed by atoms with Gasteiger partial charge < -0.3 is 0 Å². The number of benzene rings is 1. The van der Waals surface area contributed by atoms with Crippen molar-refractivity contribution in [2.75, 3.05) is 0 Å². The summed E-state index contributed by atoms with van der Waals surface area (Å²) < 4.78 is 0. The van der Waals surface area contributed by atoms with Gasteiger partial charge in [0, 0.05) is 17.0 Å². The molecule has 1 aromatic carbocycles. The van der Waals surface area contributed by atoms with E-state index >= 15 is 0 Å². The lowest BCUT2D eigenvalue weighted by molar-refractivity contribution is -0.384. The molecular weight excluding hydrogens is 310 g/mol. The molecule has 1 aliphatic rings. The third kappa shape index (κ3) is 3.30. The summed E-state index contributed by atoms with van der Waals surface area (Å²) in [5.41, 5.74) is 2.42. The van der Waals surface area contributed by atoms with Crippen LogP contribution in [-0.2, 0) is 12.8 Å². The third-order valence-corrected chi connectivity index (χ3v) is 5.11. The number of allylic oxidation sites excluding steroid dienone is 1. The molecule has 5 nitrogen and oxygen atoms in total. The summed E-state index contributed by atoms with van der Waals surface area (Å²) in [6.07, 6.45) is 4.88. The maximum absolute atomic E-state index is 10.7. The summed E-state index contributed by atoms with van der Waals surface area (Å²) in [6.45, 7) is 2.24. The molecule has 23 heavy (non-hydrogen) atoms. The molecule has 0 fully saturated rings. The summed E-state index contributed by atoms with van der Waals surface area (Å²) >= 11 is 1.59. The lowest BCUT2D eigenvalue weighted by atomic mass is 9.93. The number of aromatic nitrogens is 1. The van der Waals surface area contributed by atoms with E-state index in [4.69, 9.17) is 0 Å². The fourth-order valence-electron chi connectivity index (χ4n) is 2.66. The van der Waals surface area contributed by atoms with Crippen LogP contribution >= 0.6 is 11.3 Å². The highest BCUT2D eigenvalue weighted by atomic mass is 32.1. The van der Waals surface area contributed by atoms with Crippen LogP contribution in [0.5, 0.6) is 0 Å². The van der Waals surface area contributed by atoms with Crippen molar-refractivity contribution in [3.63, 3.8) is 0 Å². The van der Waals surface area contributed by atoms with Crippen LogP contribution in [0.1, 0.15) is 34.5 Å². The number of nitro benzene ring substituents is 1. The highest BCUT2D eigenvalue weighted by Crippen LogP contribution is 2.33. The van der Waals surface area contributed by atoms with Gasteiger partial charge in [-0.25, -0.2) is 4.98 Å². The van der Waals surface area contributed by atoms with Crippen LogP contribution in [0.25, 0.3) is 11.6 Å².